The Kier molecular flexibility index (Phi) is 2.27. The fourth-order valence-electron chi connectivity index (χ4n) is 2.33. The molecule has 3 heteroatoms. The number of fused-ring (bicyclic) bond motifs is 1. The number of hydrogen-bond donors (Lipinski definition) is 1. The Hall–Kier alpha value is -0.840. The number of benzene rings is 1. The van der Waals surface area contributed by atoms with Crippen LogP contribution in [0.4, 0.5) is 0 Å². The van der Waals surface area contributed by atoms with E-state index in [1.165, 1.54) is 23.2 Å². The Balaban J connectivity index is 2.04. The van der Waals surface area contributed by atoms with Gasteiger partial charge in [-0.2, -0.15) is 5.10 Å². The second-order valence-electron chi connectivity index (χ2n) is 3.91. The second-order valence-corrected chi connectivity index (χ2v) is 4.93. The number of rotatable bonds is 1. The van der Waals surface area contributed by atoms with Crippen LogP contribution in [0.25, 0.3) is 0 Å². The summed E-state index contributed by atoms with van der Waals surface area (Å²) in [5.41, 5.74) is 4.14. The van der Waals surface area contributed by atoms with E-state index in [0.717, 1.165) is 10.1 Å². The van der Waals surface area contributed by atoms with Gasteiger partial charge in [0.15, 0.2) is 0 Å². The van der Waals surface area contributed by atoms with Crippen molar-refractivity contribution < 1.29 is 0 Å². The van der Waals surface area contributed by atoms with Crippen LogP contribution >= 0.6 is 22.6 Å². The molecule has 0 aliphatic heterocycles. The van der Waals surface area contributed by atoms with E-state index in [2.05, 4.69) is 63.1 Å². The summed E-state index contributed by atoms with van der Waals surface area (Å²) >= 11 is 2.31. The highest BCUT2D eigenvalue weighted by Crippen LogP contribution is 2.38. The van der Waals surface area contributed by atoms with Crippen LogP contribution < -0.4 is 0 Å². The first-order chi connectivity index (χ1) is 7.36. The molecule has 2 aromatic rings. The van der Waals surface area contributed by atoms with Crippen molar-refractivity contribution in [2.75, 3.05) is 0 Å². The van der Waals surface area contributed by atoms with Crippen molar-refractivity contribution in [1.82, 2.24) is 10.2 Å². The molecule has 0 spiro atoms. The molecule has 0 bridgehead atoms. The van der Waals surface area contributed by atoms with Crippen LogP contribution in [0.15, 0.2) is 30.3 Å². The third-order valence-corrected chi connectivity index (χ3v) is 3.97. The van der Waals surface area contributed by atoms with Crippen molar-refractivity contribution in [3.05, 3.63) is 50.9 Å². The molecular formula is C12H11IN2. The van der Waals surface area contributed by atoms with E-state index in [0.29, 0.717) is 5.92 Å². The summed E-state index contributed by atoms with van der Waals surface area (Å²) in [6.07, 6.45) is 2.37. The number of halogens is 1. The molecule has 0 radical (unpaired) electrons. The predicted octanol–water partition coefficient (Wildman–Crippen LogP) is 3.09. The molecule has 1 aromatic heterocycles. The van der Waals surface area contributed by atoms with Crippen LogP contribution in [0.1, 0.15) is 29.2 Å². The first-order valence-corrected chi connectivity index (χ1v) is 6.21. The molecular weight excluding hydrogens is 299 g/mol. The highest BCUT2D eigenvalue weighted by Gasteiger charge is 2.27. The third kappa shape index (κ3) is 1.49. The first-order valence-electron chi connectivity index (χ1n) is 5.14. The SMILES string of the molecule is Ic1n[nH]c2c1CCC2c1ccccc1. The van der Waals surface area contributed by atoms with E-state index in [1.54, 1.807) is 0 Å². The van der Waals surface area contributed by atoms with E-state index in [1.807, 2.05) is 0 Å². The second kappa shape index (κ2) is 3.63. The van der Waals surface area contributed by atoms with Gasteiger partial charge in [-0.1, -0.05) is 30.3 Å². The number of aromatic amines is 1. The maximum Gasteiger partial charge on any atom is 0.126 e. The lowest BCUT2D eigenvalue weighted by Crippen LogP contribution is -1.96. The Morgan fingerprint density at radius 1 is 1.27 bits per heavy atom. The van der Waals surface area contributed by atoms with Gasteiger partial charge in [-0.15, -0.1) is 0 Å². The number of nitrogens with zero attached hydrogens (tertiary/aromatic N) is 1. The van der Waals surface area contributed by atoms with Crippen molar-refractivity contribution in [3.63, 3.8) is 0 Å². The maximum atomic E-state index is 4.28. The quantitative estimate of drug-likeness (QED) is 0.806. The summed E-state index contributed by atoms with van der Waals surface area (Å²) in [5, 5.41) is 7.45. The van der Waals surface area contributed by atoms with Crippen molar-refractivity contribution in [3.8, 4) is 0 Å². The number of aromatic nitrogens is 2. The summed E-state index contributed by atoms with van der Waals surface area (Å²) in [5.74, 6) is 0.525. The lowest BCUT2D eigenvalue weighted by Gasteiger charge is -2.08. The van der Waals surface area contributed by atoms with Crippen LogP contribution in [0.2, 0.25) is 0 Å². The summed E-state index contributed by atoms with van der Waals surface area (Å²) in [6, 6.07) is 10.7. The minimum absolute atomic E-state index is 0.525. The number of H-pyrrole nitrogens is 1. The predicted molar refractivity (Wildman–Crippen MR) is 67.9 cm³/mol. The topological polar surface area (TPSA) is 28.7 Å². The molecule has 0 saturated carbocycles. The van der Waals surface area contributed by atoms with Gasteiger partial charge >= 0.3 is 0 Å². The van der Waals surface area contributed by atoms with Crippen molar-refractivity contribution in [2.45, 2.75) is 18.8 Å². The van der Waals surface area contributed by atoms with Gasteiger partial charge < -0.3 is 0 Å². The standard InChI is InChI=1S/C12H11IN2/c13-12-10-7-6-9(11(10)14-15-12)8-4-2-1-3-5-8/h1-5,9H,6-7H2,(H,14,15). The normalized spacial score (nSPS) is 19.1. The molecule has 1 aliphatic rings. The smallest absolute Gasteiger partial charge is 0.126 e. The summed E-state index contributed by atoms with van der Waals surface area (Å²) in [4.78, 5) is 0. The molecule has 1 aliphatic carbocycles. The average Bonchev–Trinajstić information content (AvgIpc) is 2.83. The molecule has 15 heavy (non-hydrogen) atoms. The Morgan fingerprint density at radius 2 is 2.07 bits per heavy atom. The molecule has 1 atom stereocenters. The molecule has 1 N–H and O–H groups in total. The fraction of sp³-hybridized carbons (Fsp3) is 0.250. The van der Waals surface area contributed by atoms with Crippen LogP contribution in [0.3, 0.4) is 0 Å². The van der Waals surface area contributed by atoms with Gasteiger partial charge in [-0.05, 0) is 41.0 Å². The zero-order valence-corrected chi connectivity index (χ0v) is 10.4. The average molecular weight is 310 g/mol. The van der Waals surface area contributed by atoms with E-state index in [9.17, 15) is 0 Å². The zero-order chi connectivity index (χ0) is 10.3. The Morgan fingerprint density at radius 3 is 2.87 bits per heavy atom. The zero-order valence-electron chi connectivity index (χ0n) is 8.20. The monoisotopic (exact) mass is 310 g/mol. The Labute approximate surface area is 102 Å². The van der Waals surface area contributed by atoms with Gasteiger partial charge in [0.2, 0.25) is 0 Å². The van der Waals surface area contributed by atoms with Crippen molar-refractivity contribution in [2.24, 2.45) is 0 Å². The molecule has 3 rings (SSSR count). The largest absolute Gasteiger partial charge is 0.281 e. The van der Waals surface area contributed by atoms with Crippen LogP contribution in [0, 0.1) is 3.70 Å². The summed E-state index contributed by atoms with van der Waals surface area (Å²) in [6.45, 7) is 0. The molecule has 1 heterocycles. The summed E-state index contributed by atoms with van der Waals surface area (Å²) in [7, 11) is 0. The minimum Gasteiger partial charge on any atom is -0.281 e. The lowest BCUT2D eigenvalue weighted by molar-refractivity contribution is 0.751. The van der Waals surface area contributed by atoms with E-state index < -0.39 is 0 Å². The maximum absolute atomic E-state index is 4.28. The number of hydrogen-bond acceptors (Lipinski definition) is 1. The molecule has 1 unspecified atom stereocenters. The van der Waals surface area contributed by atoms with Gasteiger partial charge in [0, 0.05) is 17.2 Å². The number of nitrogens with one attached hydrogen (secondary N) is 1. The highest BCUT2D eigenvalue weighted by molar-refractivity contribution is 14.1. The van der Waals surface area contributed by atoms with Gasteiger partial charge in [0.25, 0.3) is 0 Å². The fourth-order valence-corrected chi connectivity index (χ4v) is 3.01. The van der Waals surface area contributed by atoms with Crippen LogP contribution in [-0.4, -0.2) is 10.2 Å². The Bertz CT molecular complexity index is 476. The molecule has 0 amide bonds. The highest BCUT2D eigenvalue weighted by atomic mass is 127. The molecule has 0 saturated heterocycles. The molecule has 1 aromatic carbocycles. The van der Waals surface area contributed by atoms with Gasteiger partial charge in [0.1, 0.15) is 3.70 Å². The molecule has 2 nitrogen and oxygen atoms in total. The molecule has 0 fully saturated rings. The van der Waals surface area contributed by atoms with Gasteiger partial charge in [0.05, 0.1) is 0 Å². The van der Waals surface area contributed by atoms with Crippen molar-refractivity contribution >= 4 is 22.6 Å². The van der Waals surface area contributed by atoms with Gasteiger partial charge in [-0.25, -0.2) is 0 Å². The van der Waals surface area contributed by atoms with E-state index >= 15 is 0 Å². The van der Waals surface area contributed by atoms with Crippen molar-refractivity contribution in [1.29, 1.82) is 0 Å². The van der Waals surface area contributed by atoms with Crippen LogP contribution in [0.5, 0.6) is 0 Å². The lowest BCUT2D eigenvalue weighted by atomic mass is 9.97. The first kappa shape index (κ1) is 9.39. The van der Waals surface area contributed by atoms with E-state index in [-0.39, 0.29) is 0 Å². The third-order valence-electron chi connectivity index (χ3n) is 3.08. The van der Waals surface area contributed by atoms with Crippen LogP contribution in [-0.2, 0) is 6.42 Å². The van der Waals surface area contributed by atoms with Gasteiger partial charge in [-0.3, -0.25) is 5.10 Å². The minimum atomic E-state index is 0.525. The van der Waals surface area contributed by atoms with E-state index in [4.69, 9.17) is 0 Å². The molecule has 76 valence electrons. The summed E-state index contributed by atoms with van der Waals surface area (Å²) < 4.78 is 1.14.